The summed E-state index contributed by atoms with van der Waals surface area (Å²) in [4.78, 5) is 16.2. The Morgan fingerprint density at radius 1 is 1.27 bits per heavy atom. The van der Waals surface area contributed by atoms with Crippen molar-refractivity contribution in [2.45, 2.75) is 25.9 Å². The lowest BCUT2D eigenvalue weighted by Gasteiger charge is -2.20. The molecule has 118 valence electrons. The molecule has 0 fully saturated rings. The minimum Gasteiger partial charge on any atom is -0.497 e. The number of rotatable bonds is 6. The van der Waals surface area contributed by atoms with Gasteiger partial charge in [0.15, 0.2) is 0 Å². The van der Waals surface area contributed by atoms with Crippen molar-refractivity contribution in [1.29, 1.82) is 0 Å². The number of carbonyl (C=O) groups is 1. The zero-order valence-corrected chi connectivity index (χ0v) is 13.1. The third kappa shape index (κ3) is 3.36. The number of aromatic nitrogens is 3. The first-order valence-electron chi connectivity index (χ1n) is 6.93. The minimum absolute atomic E-state index is 0.150. The van der Waals surface area contributed by atoms with Gasteiger partial charge in [-0.25, -0.2) is 9.67 Å². The van der Waals surface area contributed by atoms with Crippen molar-refractivity contribution in [3.8, 4) is 11.5 Å². The Kier molecular flexibility index (Phi) is 4.98. The van der Waals surface area contributed by atoms with Gasteiger partial charge in [0, 0.05) is 5.56 Å². The summed E-state index contributed by atoms with van der Waals surface area (Å²) in [5.74, 6) is 1.26. The topological polar surface area (TPSA) is 78.3 Å². The molecule has 0 saturated heterocycles. The summed E-state index contributed by atoms with van der Waals surface area (Å²) in [6, 6.07) is 4.81. The van der Waals surface area contributed by atoms with Gasteiger partial charge in [-0.2, -0.15) is 5.10 Å². The highest BCUT2D eigenvalue weighted by atomic mass is 16.5. The van der Waals surface area contributed by atoms with E-state index in [4.69, 9.17) is 9.47 Å². The first-order chi connectivity index (χ1) is 10.6. The minimum atomic E-state index is -0.443. The number of methoxy groups -OCH3 is 2. The molecule has 22 heavy (non-hydrogen) atoms. The van der Waals surface area contributed by atoms with Crippen LogP contribution in [0.3, 0.4) is 0 Å². The highest BCUT2D eigenvalue weighted by Crippen LogP contribution is 2.29. The second-order valence-electron chi connectivity index (χ2n) is 4.89. The van der Waals surface area contributed by atoms with Crippen LogP contribution in [0.4, 0.5) is 0 Å². The highest BCUT2D eigenvalue weighted by molar-refractivity contribution is 5.80. The maximum absolute atomic E-state index is 12.3. The molecule has 0 unspecified atom stereocenters. The Hall–Kier alpha value is -2.57. The van der Waals surface area contributed by atoms with Crippen LogP contribution >= 0.6 is 0 Å². The van der Waals surface area contributed by atoms with E-state index in [1.165, 1.54) is 17.3 Å². The number of carbonyl (C=O) groups excluding carboxylic acids is 1. The molecule has 1 aromatic heterocycles. The van der Waals surface area contributed by atoms with Crippen molar-refractivity contribution < 1.29 is 14.3 Å². The standard InChI is InChI=1S/C15H20N4O3/c1-10(13-7-12(21-3)5-6-14(13)22-4)18-15(20)11(2)19-9-16-8-17-19/h5-11H,1-4H3,(H,18,20)/t10-,11-/m0/s1. The van der Waals surface area contributed by atoms with Crippen molar-refractivity contribution in [3.05, 3.63) is 36.4 Å². The van der Waals surface area contributed by atoms with E-state index in [0.29, 0.717) is 11.5 Å². The molecule has 2 aromatic rings. The highest BCUT2D eigenvalue weighted by Gasteiger charge is 2.20. The van der Waals surface area contributed by atoms with Crippen molar-refractivity contribution in [1.82, 2.24) is 20.1 Å². The molecule has 2 atom stereocenters. The number of benzene rings is 1. The molecule has 0 saturated carbocycles. The molecular formula is C15H20N4O3. The molecule has 1 heterocycles. The Balaban J connectivity index is 2.14. The van der Waals surface area contributed by atoms with Gasteiger partial charge in [0.2, 0.25) is 5.91 Å². The van der Waals surface area contributed by atoms with Crippen molar-refractivity contribution in [2.75, 3.05) is 14.2 Å². The second kappa shape index (κ2) is 6.93. The molecule has 7 nitrogen and oxygen atoms in total. The zero-order valence-electron chi connectivity index (χ0n) is 13.1. The quantitative estimate of drug-likeness (QED) is 0.879. The van der Waals surface area contributed by atoms with Gasteiger partial charge in [-0.15, -0.1) is 0 Å². The monoisotopic (exact) mass is 304 g/mol. The van der Waals surface area contributed by atoms with Crippen LogP contribution in [0.15, 0.2) is 30.9 Å². The third-order valence-electron chi connectivity index (χ3n) is 3.48. The number of nitrogens with zero attached hydrogens (tertiary/aromatic N) is 3. The predicted molar refractivity (Wildman–Crippen MR) is 80.8 cm³/mol. The molecule has 0 aliphatic heterocycles. The second-order valence-corrected chi connectivity index (χ2v) is 4.89. The van der Waals surface area contributed by atoms with E-state index in [0.717, 1.165) is 5.56 Å². The largest absolute Gasteiger partial charge is 0.497 e. The van der Waals surface area contributed by atoms with Gasteiger partial charge in [-0.1, -0.05) is 0 Å². The van der Waals surface area contributed by atoms with E-state index in [-0.39, 0.29) is 11.9 Å². The van der Waals surface area contributed by atoms with E-state index in [1.807, 2.05) is 25.1 Å². The summed E-state index contributed by atoms with van der Waals surface area (Å²) >= 11 is 0. The molecular weight excluding hydrogens is 284 g/mol. The van der Waals surface area contributed by atoms with Crippen molar-refractivity contribution in [2.24, 2.45) is 0 Å². The van der Waals surface area contributed by atoms with Gasteiger partial charge in [-0.3, -0.25) is 4.79 Å². The average Bonchev–Trinajstić information content (AvgIpc) is 3.07. The van der Waals surface area contributed by atoms with Crippen LogP contribution in [-0.2, 0) is 4.79 Å². The van der Waals surface area contributed by atoms with Gasteiger partial charge in [0.25, 0.3) is 0 Å². The van der Waals surface area contributed by atoms with Crippen LogP contribution in [0.5, 0.6) is 11.5 Å². The fraction of sp³-hybridized carbons (Fsp3) is 0.400. The molecule has 1 aromatic carbocycles. The van der Waals surface area contributed by atoms with E-state index in [1.54, 1.807) is 21.1 Å². The van der Waals surface area contributed by atoms with Crippen LogP contribution in [0, 0.1) is 0 Å². The number of nitrogens with one attached hydrogen (secondary N) is 1. The molecule has 0 radical (unpaired) electrons. The summed E-state index contributed by atoms with van der Waals surface area (Å²) in [6.07, 6.45) is 2.92. The number of hydrogen-bond donors (Lipinski definition) is 1. The molecule has 2 rings (SSSR count). The molecule has 0 aliphatic carbocycles. The maximum atomic E-state index is 12.3. The molecule has 7 heteroatoms. The molecule has 0 spiro atoms. The lowest BCUT2D eigenvalue weighted by Crippen LogP contribution is -2.33. The van der Waals surface area contributed by atoms with Gasteiger partial charge in [-0.05, 0) is 32.0 Å². The fourth-order valence-corrected chi connectivity index (χ4v) is 2.13. The Morgan fingerprint density at radius 2 is 2.05 bits per heavy atom. The Labute approximate surface area is 129 Å². The number of hydrogen-bond acceptors (Lipinski definition) is 5. The summed E-state index contributed by atoms with van der Waals surface area (Å²) in [5.41, 5.74) is 0.848. The normalized spacial score (nSPS) is 13.3. The van der Waals surface area contributed by atoms with Crippen LogP contribution in [-0.4, -0.2) is 34.9 Å². The van der Waals surface area contributed by atoms with Gasteiger partial charge in [0.05, 0.1) is 20.3 Å². The summed E-state index contributed by atoms with van der Waals surface area (Å²) in [7, 11) is 3.19. The summed E-state index contributed by atoms with van der Waals surface area (Å²) in [5, 5.41) is 6.93. The number of amides is 1. The number of ether oxygens (including phenoxy) is 2. The van der Waals surface area contributed by atoms with Crippen molar-refractivity contribution in [3.63, 3.8) is 0 Å². The Morgan fingerprint density at radius 3 is 2.64 bits per heavy atom. The van der Waals surface area contributed by atoms with E-state index >= 15 is 0 Å². The first kappa shape index (κ1) is 15.8. The lowest BCUT2D eigenvalue weighted by molar-refractivity contribution is -0.124. The fourth-order valence-electron chi connectivity index (χ4n) is 2.13. The van der Waals surface area contributed by atoms with E-state index in [2.05, 4.69) is 15.4 Å². The molecule has 0 aliphatic rings. The zero-order chi connectivity index (χ0) is 16.1. The van der Waals surface area contributed by atoms with Crippen LogP contribution in [0.1, 0.15) is 31.5 Å². The van der Waals surface area contributed by atoms with E-state index in [9.17, 15) is 4.79 Å². The summed E-state index contributed by atoms with van der Waals surface area (Å²) < 4.78 is 12.1. The average molecular weight is 304 g/mol. The van der Waals surface area contributed by atoms with Crippen molar-refractivity contribution >= 4 is 5.91 Å². The predicted octanol–water partition coefficient (Wildman–Crippen LogP) is 1.73. The van der Waals surface area contributed by atoms with E-state index < -0.39 is 6.04 Å². The molecule has 0 bridgehead atoms. The van der Waals surface area contributed by atoms with Gasteiger partial charge in [0.1, 0.15) is 30.2 Å². The van der Waals surface area contributed by atoms with Crippen LogP contribution in [0.25, 0.3) is 0 Å². The van der Waals surface area contributed by atoms with Gasteiger partial charge >= 0.3 is 0 Å². The molecule has 1 N–H and O–H groups in total. The van der Waals surface area contributed by atoms with Crippen LogP contribution in [0.2, 0.25) is 0 Å². The Bertz CT molecular complexity index is 628. The lowest BCUT2D eigenvalue weighted by atomic mass is 10.1. The third-order valence-corrected chi connectivity index (χ3v) is 3.48. The van der Waals surface area contributed by atoms with Crippen LogP contribution < -0.4 is 14.8 Å². The SMILES string of the molecule is COc1ccc(OC)c([C@H](C)NC(=O)[C@H](C)n2cncn2)c1. The van der Waals surface area contributed by atoms with Gasteiger partial charge < -0.3 is 14.8 Å². The summed E-state index contributed by atoms with van der Waals surface area (Å²) in [6.45, 7) is 3.66. The maximum Gasteiger partial charge on any atom is 0.245 e. The smallest absolute Gasteiger partial charge is 0.245 e. The first-order valence-corrected chi connectivity index (χ1v) is 6.93. The molecule has 1 amide bonds.